The molecule has 1 aromatic carbocycles. The van der Waals surface area contributed by atoms with Gasteiger partial charge in [0.2, 0.25) is 5.91 Å². The van der Waals surface area contributed by atoms with Crippen molar-refractivity contribution in [2.45, 2.75) is 51.6 Å². The minimum Gasteiger partial charge on any atom is -0.357 e. The highest BCUT2D eigenvalue weighted by Crippen LogP contribution is 2.19. The van der Waals surface area contributed by atoms with Gasteiger partial charge in [-0.3, -0.25) is 9.79 Å². The molecule has 130 valence electrons. The molecule has 5 heteroatoms. The molecule has 1 saturated carbocycles. The van der Waals surface area contributed by atoms with Crippen molar-refractivity contribution < 1.29 is 4.79 Å². The number of nitrogens with one attached hydrogen (secondary N) is 2. The second kappa shape index (κ2) is 8.18. The van der Waals surface area contributed by atoms with Crippen molar-refractivity contribution in [2.75, 3.05) is 19.6 Å². The number of nitrogens with zero attached hydrogens (tertiary/aromatic N) is 2. The number of amides is 1. The number of hydrogen-bond acceptors (Lipinski definition) is 2. The molecule has 0 atom stereocenters. The fourth-order valence-electron chi connectivity index (χ4n) is 3.05. The fourth-order valence-corrected chi connectivity index (χ4v) is 3.05. The second-order valence-electron chi connectivity index (χ2n) is 6.62. The molecule has 1 heterocycles. The van der Waals surface area contributed by atoms with Gasteiger partial charge in [-0.15, -0.1) is 0 Å². The highest BCUT2D eigenvalue weighted by molar-refractivity contribution is 5.80. The number of carbonyl (C=O) groups excluding carboxylic acids is 1. The number of rotatable bonds is 6. The minimum absolute atomic E-state index is 0.171. The van der Waals surface area contributed by atoms with E-state index >= 15 is 0 Å². The van der Waals surface area contributed by atoms with Crippen molar-refractivity contribution in [1.29, 1.82) is 0 Å². The standard InChI is InChI=1S/C19H28N4O/c1-2-20-19(21-12-5-8-18(24)22-17-9-10-17)23-13-11-15-6-3-4-7-16(15)14-23/h3-4,6-7,17H,2,5,8-14H2,1H3,(H,20,21)(H,22,24). The van der Waals surface area contributed by atoms with Gasteiger partial charge >= 0.3 is 0 Å². The van der Waals surface area contributed by atoms with E-state index in [0.717, 1.165) is 51.3 Å². The van der Waals surface area contributed by atoms with Crippen LogP contribution in [0.5, 0.6) is 0 Å². The maximum Gasteiger partial charge on any atom is 0.220 e. The highest BCUT2D eigenvalue weighted by atomic mass is 16.1. The average Bonchev–Trinajstić information content (AvgIpc) is 3.41. The lowest BCUT2D eigenvalue weighted by Gasteiger charge is -2.31. The Balaban J connectivity index is 1.51. The molecule has 0 unspecified atom stereocenters. The van der Waals surface area contributed by atoms with Gasteiger partial charge in [0.05, 0.1) is 0 Å². The van der Waals surface area contributed by atoms with E-state index in [1.807, 2.05) is 0 Å². The lowest BCUT2D eigenvalue weighted by atomic mass is 10.0. The van der Waals surface area contributed by atoms with Crippen molar-refractivity contribution in [3.05, 3.63) is 35.4 Å². The van der Waals surface area contributed by atoms with Gasteiger partial charge < -0.3 is 15.5 Å². The molecule has 1 aliphatic heterocycles. The first-order valence-corrected chi connectivity index (χ1v) is 9.15. The predicted octanol–water partition coefficient (Wildman–Crippen LogP) is 2.07. The highest BCUT2D eigenvalue weighted by Gasteiger charge is 2.22. The summed E-state index contributed by atoms with van der Waals surface area (Å²) >= 11 is 0. The summed E-state index contributed by atoms with van der Waals surface area (Å²) in [6.07, 6.45) is 4.72. The van der Waals surface area contributed by atoms with E-state index in [2.05, 4.69) is 46.7 Å². The van der Waals surface area contributed by atoms with Crippen molar-refractivity contribution >= 4 is 11.9 Å². The first-order valence-electron chi connectivity index (χ1n) is 9.15. The molecule has 3 rings (SSSR count). The number of carbonyl (C=O) groups is 1. The van der Waals surface area contributed by atoms with Crippen LogP contribution in [-0.4, -0.2) is 42.4 Å². The summed E-state index contributed by atoms with van der Waals surface area (Å²) in [6.45, 7) is 5.55. The third kappa shape index (κ3) is 4.73. The topological polar surface area (TPSA) is 56.7 Å². The van der Waals surface area contributed by atoms with Gasteiger partial charge in [-0.05, 0) is 43.7 Å². The van der Waals surface area contributed by atoms with E-state index in [0.29, 0.717) is 19.0 Å². The van der Waals surface area contributed by atoms with Crippen LogP contribution in [0.2, 0.25) is 0 Å². The number of benzene rings is 1. The monoisotopic (exact) mass is 328 g/mol. The molecule has 5 nitrogen and oxygen atoms in total. The lowest BCUT2D eigenvalue weighted by Crippen LogP contribution is -2.44. The van der Waals surface area contributed by atoms with Gasteiger partial charge in [0.1, 0.15) is 0 Å². The van der Waals surface area contributed by atoms with Crippen LogP contribution in [-0.2, 0) is 17.8 Å². The summed E-state index contributed by atoms with van der Waals surface area (Å²) in [6, 6.07) is 9.08. The molecule has 1 amide bonds. The maximum absolute atomic E-state index is 11.7. The van der Waals surface area contributed by atoms with Crippen LogP contribution in [0.4, 0.5) is 0 Å². The lowest BCUT2D eigenvalue weighted by molar-refractivity contribution is -0.121. The molecule has 0 aromatic heterocycles. The van der Waals surface area contributed by atoms with E-state index in [4.69, 9.17) is 4.99 Å². The van der Waals surface area contributed by atoms with E-state index < -0.39 is 0 Å². The molecule has 1 aromatic rings. The molecule has 24 heavy (non-hydrogen) atoms. The fraction of sp³-hybridized carbons (Fsp3) is 0.579. The number of fused-ring (bicyclic) bond motifs is 1. The molecular formula is C19H28N4O. The van der Waals surface area contributed by atoms with Crippen LogP contribution in [0.15, 0.2) is 29.3 Å². The zero-order valence-corrected chi connectivity index (χ0v) is 14.6. The normalized spacial score (nSPS) is 17.4. The van der Waals surface area contributed by atoms with Gasteiger partial charge in [-0.1, -0.05) is 24.3 Å². The zero-order chi connectivity index (χ0) is 16.8. The number of guanidine groups is 1. The minimum atomic E-state index is 0.171. The van der Waals surface area contributed by atoms with Crippen LogP contribution in [0.1, 0.15) is 43.7 Å². The third-order valence-electron chi connectivity index (χ3n) is 4.53. The summed E-state index contributed by atoms with van der Waals surface area (Å²) in [5, 5.41) is 6.42. The molecule has 1 aliphatic carbocycles. The molecule has 0 radical (unpaired) electrons. The molecular weight excluding hydrogens is 300 g/mol. The second-order valence-corrected chi connectivity index (χ2v) is 6.62. The average molecular weight is 328 g/mol. The zero-order valence-electron chi connectivity index (χ0n) is 14.6. The first kappa shape index (κ1) is 16.8. The Labute approximate surface area is 144 Å². The van der Waals surface area contributed by atoms with Crippen molar-refractivity contribution in [1.82, 2.24) is 15.5 Å². The Bertz CT molecular complexity index is 595. The Morgan fingerprint density at radius 1 is 1.29 bits per heavy atom. The predicted molar refractivity (Wildman–Crippen MR) is 96.9 cm³/mol. The van der Waals surface area contributed by atoms with Crippen LogP contribution < -0.4 is 10.6 Å². The Morgan fingerprint density at radius 3 is 2.83 bits per heavy atom. The van der Waals surface area contributed by atoms with E-state index in [-0.39, 0.29) is 5.91 Å². The summed E-state index contributed by atoms with van der Waals surface area (Å²) in [7, 11) is 0. The Kier molecular flexibility index (Phi) is 5.72. The van der Waals surface area contributed by atoms with Crippen molar-refractivity contribution in [2.24, 2.45) is 4.99 Å². The third-order valence-corrected chi connectivity index (χ3v) is 4.53. The SMILES string of the molecule is CCNC(=NCCCC(=O)NC1CC1)N1CCc2ccccc2C1. The Morgan fingerprint density at radius 2 is 2.08 bits per heavy atom. The van der Waals surface area contributed by atoms with Crippen LogP contribution in [0.25, 0.3) is 0 Å². The van der Waals surface area contributed by atoms with Gasteiger partial charge in [0.15, 0.2) is 5.96 Å². The van der Waals surface area contributed by atoms with Gasteiger partial charge in [0, 0.05) is 38.6 Å². The summed E-state index contributed by atoms with van der Waals surface area (Å²) in [5.74, 6) is 1.14. The summed E-state index contributed by atoms with van der Waals surface area (Å²) < 4.78 is 0. The molecule has 0 bridgehead atoms. The van der Waals surface area contributed by atoms with Crippen LogP contribution in [0.3, 0.4) is 0 Å². The smallest absolute Gasteiger partial charge is 0.220 e. The van der Waals surface area contributed by atoms with E-state index in [1.54, 1.807) is 0 Å². The molecule has 2 aliphatic rings. The van der Waals surface area contributed by atoms with Crippen LogP contribution in [0, 0.1) is 0 Å². The number of aliphatic imine (C=N–C) groups is 1. The van der Waals surface area contributed by atoms with Gasteiger partial charge in [-0.25, -0.2) is 0 Å². The molecule has 0 saturated heterocycles. The quantitative estimate of drug-likeness (QED) is 0.477. The number of hydrogen-bond donors (Lipinski definition) is 2. The van der Waals surface area contributed by atoms with E-state index in [1.165, 1.54) is 11.1 Å². The molecule has 0 spiro atoms. The van der Waals surface area contributed by atoms with Crippen molar-refractivity contribution in [3.63, 3.8) is 0 Å². The summed E-state index contributed by atoms with van der Waals surface area (Å²) in [4.78, 5) is 18.8. The maximum atomic E-state index is 11.7. The Hall–Kier alpha value is -2.04. The first-order chi connectivity index (χ1) is 11.8. The van der Waals surface area contributed by atoms with Crippen molar-refractivity contribution in [3.8, 4) is 0 Å². The van der Waals surface area contributed by atoms with Crippen LogP contribution >= 0.6 is 0 Å². The largest absolute Gasteiger partial charge is 0.357 e. The van der Waals surface area contributed by atoms with Gasteiger partial charge in [0.25, 0.3) is 0 Å². The molecule has 1 fully saturated rings. The summed E-state index contributed by atoms with van der Waals surface area (Å²) in [5.41, 5.74) is 2.83. The van der Waals surface area contributed by atoms with E-state index in [9.17, 15) is 4.79 Å². The van der Waals surface area contributed by atoms with Gasteiger partial charge in [-0.2, -0.15) is 0 Å². The molecule has 2 N–H and O–H groups in total.